The summed E-state index contributed by atoms with van der Waals surface area (Å²) in [7, 11) is 2.12. The van der Waals surface area contributed by atoms with Crippen molar-refractivity contribution in [2.45, 2.75) is 38.0 Å². The van der Waals surface area contributed by atoms with Gasteiger partial charge in [0.1, 0.15) is 0 Å². The van der Waals surface area contributed by atoms with Gasteiger partial charge in [0.15, 0.2) is 0 Å². The number of benzene rings is 1. The van der Waals surface area contributed by atoms with Gasteiger partial charge in [0, 0.05) is 12.6 Å². The summed E-state index contributed by atoms with van der Waals surface area (Å²) >= 11 is 0. The van der Waals surface area contributed by atoms with Crippen LogP contribution in [0.3, 0.4) is 0 Å². The molecule has 0 saturated carbocycles. The van der Waals surface area contributed by atoms with Crippen molar-refractivity contribution in [2.75, 3.05) is 20.1 Å². The topological polar surface area (TPSA) is 15.3 Å². The van der Waals surface area contributed by atoms with Crippen molar-refractivity contribution in [1.29, 1.82) is 0 Å². The van der Waals surface area contributed by atoms with Gasteiger partial charge in [0.25, 0.3) is 0 Å². The highest BCUT2D eigenvalue weighted by Gasteiger charge is 2.29. The lowest BCUT2D eigenvalue weighted by molar-refractivity contribution is -0.137. The first kappa shape index (κ1) is 15.3. The van der Waals surface area contributed by atoms with Gasteiger partial charge >= 0.3 is 6.18 Å². The van der Waals surface area contributed by atoms with Crippen molar-refractivity contribution < 1.29 is 13.2 Å². The van der Waals surface area contributed by atoms with E-state index >= 15 is 0 Å². The molecule has 0 aromatic heterocycles. The third-order valence-electron chi connectivity index (χ3n) is 3.83. The van der Waals surface area contributed by atoms with E-state index < -0.39 is 11.7 Å². The average molecular weight is 286 g/mol. The van der Waals surface area contributed by atoms with Gasteiger partial charge in [-0.1, -0.05) is 12.1 Å². The Kier molecular flexibility index (Phi) is 5.05. The van der Waals surface area contributed by atoms with E-state index in [-0.39, 0.29) is 0 Å². The number of nitrogens with zero attached hydrogens (tertiary/aromatic N) is 1. The molecule has 0 amide bonds. The Balaban J connectivity index is 1.84. The molecule has 1 saturated heterocycles. The Morgan fingerprint density at radius 2 is 1.85 bits per heavy atom. The van der Waals surface area contributed by atoms with Crippen LogP contribution in [0.25, 0.3) is 0 Å². The minimum atomic E-state index is -4.25. The maximum atomic E-state index is 12.5. The zero-order valence-corrected chi connectivity index (χ0v) is 11.7. The van der Waals surface area contributed by atoms with E-state index in [1.54, 1.807) is 12.1 Å². The minimum Gasteiger partial charge on any atom is -0.310 e. The van der Waals surface area contributed by atoms with E-state index in [0.717, 1.165) is 43.6 Å². The molecule has 1 aromatic carbocycles. The molecule has 0 bridgehead atoms. The van der Waals surface area contributed by atoms with Gasteiger partial charge in [-0.2, -0.15) is 13.2 Å². The number of likely N-dealkylation sites (tertiary alicyclic amines) is 1. The molecular formula is C15H21F3N2. The molecule has 1 aliphatic heterocycles. The number of alkyl halides is 3. The second-order valence-electron chi connectivity index (χ2n) is 5.51. The molecule has 2 rings (SSSR count). The lowest BCUT2D eigenvalue weighted by Crippen LogP contribution is -2.29. The third kappa shape index (κ3) is 4.49. The minimum absolute atomic E-state index is 0.460. The van der Waals surface area contributed by atoms with Crippen molar-refractivity contribution in [2.24, 2.45) is 0 Å². The van der Waals surface area contributed by atoms with Crippen LogP contribution in [0, 0.1) is 0 Å². The largest absolute Gasteiger partial charge is 0.416 e. The maximum absolute atomic E-state index is 12.5. The van der Waals surface area contributed by atoms with Crippen LogP contribution in [0.1, 0.15) is 30.4 Å². The first-order chi connectivity index (χ1) is 9.45. The van der Waals surface area contributed by atoms with E-state index in [1.807, 2.05) is 0 Å². The van der Waals surface area contributed by atoms with Crippen LogP contribution in [0.15, 0.2) is 24.3 Å². The summed E-state index contributed by atoms with van der Waals surface area (Å²) in [5.41, 5.74) is 0.313. The van der Waals surface area contributed by atoms with Gasteiger partial charge in [-0.05, 0) is 57.1 Å². The Labute approximate surface area is 118 Å². The molecule has 20 heavy (non-hydrogen) atoms. The van der Waals surface area contributed by atoms with Crippen LogP contribution in [-0.4, -0.2) is 31.1 Å². The molecule has 0 radical (unpaired) electrons. The zero-order chi connectivity index (χ0) is 14.6. The van der Waals surface area contributed by atoms with Crippen LogP contribution in [0.5, 0.6) is 0 Å². The number of rotatable bonds is 3. The summed E-state index contributed by atoms with van der Waals surface area (Å²) in [6.45, 7) is 2.83. The van der Waals surface area contributed by atoms with Crippen LogP contribution in [0.4, 0.5) is 13.2 Å². The first-order valence-corrected chi connectivity index (χ1v) is 7.03. The van der Waals surface area contributed by atoms with Gasteiger partial charge in [-0.3, -0.25) is 0 Å². The summed E-state index contributed by atoms with van der Waals surface area (Å²) < 4.78 is 37.4. The lowest BCUT2D eigenvalue weighted by atomic mass is 10.1. The monoisotopic (exact) mass is 286 g/mol. The summed E-state index contributed by atoms with van der Waals surface area (Å²) in [5.74, 6) is 0. The average Bonchev–Trinajstić information content (AvgIpc) is 2.61. The molecule has 1 aromatic rings. The van der Waals surface area contributed by atoms with Crippen LogP contribution in [0.2, 0.25) is 0 Å². The van der Waals surface area contributed by atoms with Crippen LogP contribution in [-0.2, 0) is 12.7 Å². The molecule has 0 spiro atoms. The van der Waals surface area contributed by atoms with Crippen molar-refractivity contribution in [3.05, 3.63) is 35.4 Å². The van der Waals surface area contributed by atoms with Gasteiger partial charge in [-0.15, -0.1) is 0 Å². The summed E-state index contributed by atoms with van der Waals surface area (Å²) in [5, 5.41) is 3.45. The van der Waals surface area contributed by atoms with Crippen molar-refractivity contribution in [3.63, 3.8) is 0 Å². The first-order valence-electron chi connectivity index (χ1n) is 7.03. The maximum Gasteiger partial charge on any atom is 0.416 e. The Morgan fingerprint density at radius 1 is 1.15 bits per heavy atom. The molecule has 2 nitrogen and oxygen atoms in total. The molecule has 5 heteroatoms. The lowest BCUT2D eigenvalue weighted by Gasteiger charge is -2.17. The van der Waals surface area contributed by atoms with E-state index in [4.69, 9.17) is 0 Å². The van der Waals surface area contributed by atoms with Crippen molar-refractivity contribution >= 4 is 0 Å². The molecule has 1 N–H and O–H groups in total. The molecule has 1 fully saturated rings. The molecular weight excluding hydrogens is 265 g/mol. The second kappa shape index (κ2) is 6.59. The zero-order valence-electron chi connectivity index (χ0n) is 11.7. The molecule has 1 atom stereocenters. The SMILES string of the molecule is CN1CCCC(NCc2ccc(C(F)(F)F)cc2)CC1. The molecule has 0 aliphatic carbocycles. The predicted molar refractivity (Wildman–Crippen MR) is 73.4 cm³/mol. The number of hydrogen-bond donors (Lipinski definition) is 1. The van der Waals surface area contributed by atoms with Crippen molar-refractivity contribution in [3.8, 4) is 0 Å². The quantitative estimate of drug-likeness (QED) is 0.917. The van der Waals surface area contributed by atoms with E-state index in [2.05, 4.69) is 17.3 Å². The fraction of sp³-hybridized carbons (Fsp3) is 0.600. The highest BCUT2D eigenvalue weighted by molar-refractivity contribution is 5.24. The van der Waals surface area contributed by atoms with Crippen LogP contribution < -0.4 is 5.32 Å². The normalized spacial score (nSPS) is 21.7. The van der Waals surface area contributed by atoms with E-state index in [1.165, 1.54) is 6.42 Å². The van der Waals surface area contributed by atoms with Gasteiger partial charge in [0.05, 0.1) is 5.56 Å². The summed E-state index contributed by atoms with van der Waals surface area (Å²) in [6.07, 6.45) is -0.860. The molecule has 1 heterocycles. The number of hydrogen-bond acceptors (Lipinski definition) is 2. The summed E-state index contributed by atoms with van der Waals surface area (Å²) in [4.78, 5) is 2.32. The van der Waals surface area contributed by atoms with E-state index in [9.17, 15) is 13.2 Å². The Hall–Kier alpha value is -1.07. The van der Waals surface area contributed by atoms with Gasteiger partial charge in [-0.25, -0.2) is 0 Å². The smallest absolute Gasteiger partial charge is 0.310 e. The second-order valence-corrected chi connectivity index (χ2v) is 5.51. The standard InChI is InChI=1S/C15H21F3N2/c1-20-9-2-3-14(8-10-20)19-11-12-4-6-13(7-5-12)15(16,17)18/h4-7,14,19H,2-3,8-11H2,1H3. The van der Waals surface area contributed by atoms with Gasteiger partial charge < -0.3 is 10.2 Å². The van der Waals surface area contributed by atoms with Crippen molar-refractivity contribution in [1.82, 2.24) is 10.2 Å². The highest BCUT2D eigenvalue weighted by Crippen LogP contribution is 2.29. The fourth-order valence-electron chi connectivity index (χ4n) is 2.52. The molecule has 1 aliphatic rings. The Bertz CT molecular complexity index is 414. The number of nitrogens with one attached hydrogen (secondary N) is 1. The Morgan fingerprint density at radius 3 is 2.50 bits per heavy atom. The predicted octanol–water partition coefficient (Wildman–Crippen LogP) is 3.28. The highest BCUT2D eigenvalue weighted by atomic mass is 19.4. The molecule has 1 unspecified atom stereocenters. The third-order valence-corrected chi connectivity index (χ3v) is 3.83. The molecule has 112 valence electrons. The number of halogens is 3. The van der Waals surface area contributed by atoms with Crippen LogP contribution >= 0.6 is 0 Å². The van der Waals surface area contributed by atoms with Gasteiger partial charge in [0.2, 0.25) is 0 Å². The van der Waals surface area contributed by atoms with E-state index in [0.29, 0.717) is 12.6 Å². The fourth-order valence-corrected chi connectivity index (χ4v) is 2.52. The summed E-state index contributed by atoms with van der Waals surface area (Å²) in [6, 6.07) is 5.87.